The SMILES string of the molecule is CN1CCC(c2nc(-c3cccc(OC(F)F)n3)no2)S1(=O)=O. The fourth-order valence-corrected chi connectivity index (χ4v) is 3.76. The number of halogens is 2. The molecule has 1 aliphatic heterocycles. The highest BCUT2D eigenvalue weighted by molar-refractivity contribution is 7.89. The first kappa shape index (κ1) is 15.7. The summed E-state index contributed by atoms with van der Waals surface area (Å²) in [7, 11) is -2.05. The molecule has 0 radical (unpaired) electrons. The van der Waals surface area contributed by atoms with E-state index in [0.29, 0.717) is 13.0 Å². The van der Waals surface area contributed by atoms with Crippen LogP contribution in [-0.4, -0.2) is 48.1 Å². The van der Waals surface area contributed by atoms with Crippen molar-refractivity contribution in [3.05, 3.63) is 24.1 Å². The van der Waals surface area contributed by atoms with Crippen molar-refractivity contribution in [3.63, 3.8) is 0 Å². The summed E-state index contributed by atoms with van der Waals surface area (Å²) in [5, 5.41) is 2.76. The fourth-order valence-electron chi connectivity index (χ4n) is 2.21. The molecule has 0 amide bonds. The van der Waals surface area contributed by atoms with Gasteiger partial charge in [0, 0.05) is 19.7 Å². The van der Waals surface area contributed by atoms with E-state index < -0.39 is 21.9 Å². The van der Waals surface area contributed by atoms with Crippen molar-refractivity contribution >= 4 is 10.0 Å². The Hall–Kier alpha value is -2.14. The summed E-state index contributed by atoms with van der Waals surface area (Å²) in [6.45, 7) is -2.64. The number of rotatable bonds is 4. The van der Waals surface area contributed by atoms with E-state index >= 15 is 0 Å². The van der Waals surface area contributed by atoms with Gasteiger partial charge in [0.2, 0.25) is 27.6 Å². The first-order valence-electron chi connectivity index (χ1n) is 6.59. The summed E-state index contributed by atoms with van der Waals surface area (Å²) in [4.78, 5) is 7.85. The monoisotopic (exact) mass is 346 g/mol. The van der Waals surface area contributed by atoms with Gasteiger partial charge >= 0.3 is 6.61 Å². The van der Waals surface area contributed by atoms with Gasteiger partial charge in [0.15, 0.2) is 5.25 Å². The molecule has 1 atom stereocenters. The van der Waals surface area contributed by atoms with E-state index in [1.54, 1.807) is 0 Å². The van der Waals surface area contributed by atoms with Crippen LogP contribution in [0.15, 0.2) is 22.7 Å². The van der Waals surface area contributed by atoms with Crippen LogP contribution in [0, 0.1) is 0 Å². The van der Waals surface area contributed by atoms with E-state index in [2.05, 4.69) is 19.9 Å². The fraction of sp³-hybridized carbons (Fsp3) is 0.417. The molecule has 1 aliphatic rings. The predicted octanol–water partition coefficient (Wildman–Crippen LogP) is 1.44. The normalized spacial score (nSPS) is 21.0. The van der Waals surface area contributed by atoms with E-state index in [9.17, 15) is 17.2 Å². The van der Waals surface area contributed by atoms with Crippen LogP contribution in [0.3, 0.4) is 0 Å². The summed E-state index contributed by atoms with van der Waals surface area (Å²) < 4.78 is 59.0. The maximum Gasteiger partial charge on any atom is 0.388 e. The van der Waals surface area contributed by atoms with Crippen LogP contribution >= 0.6 is 0 Å². The molecule has 3 heterocycles. The molecule has 8 nitrogen and oxygen atoms in total. The average molecular weight is 346 g/mol. The molecule has 1 unspecified atom stereocenters. The molecule has 23 heavy (non-hydrogen) atoms. The molecule has 0 spiro atoms. The Morgan fingerprint density at radius 3 is 2.83 bits per heavy atom. The zero-order chi connectivity index (χ0) is 16.6. The highest BCUT2D eigenvalue weighted by Gasteiger charge is 2.41. The van der Waals surface area contributed by atoms with Crippen molar-refractivity contribution in [2.45, 2.75) is 18.3 Å². The number of ether oxygens (including phenoxy) is 1. The van der Waals surface area contributed by atoms with Gasteiger partial charge in [0.05, 0.1) is 0 Å². The van der Waals surface area contributed by atoms with Crippen LogP contribution in [0.5, 0.6) is 5.88 Å². The molecule has 0 aromatic carbocycles. The molecule has 0 aliphatic carbocycles. The maximum absolute atomic E-state index is 12.2. The number of alkyl halides is 2. The number of nitrogens with zero attached hydrogens (tertiary/aromatic N) is 4. The molecule has 0 bridgehead atoms. The van der Waals surface area contributed by atoms with E-state index in [1.807, 2.05) is 0 Å². The lowest BCUT2D eigenvalue weighted by molar-refractivity contribution is -0.0527. The van der Waals surface area contributed by atoms with Crippen molar-refractivity contribution in [1.82, 2.24) is 19.4 Å². The first-order chi connectivity index (χ1) is 10.9. The minimum atomic E-state index is -3.52. The molecular weight excluding hydrogens is 334 g/mol. The molecule has 124 valence electrons. The van der Waals surface area contributed by atoms with Crippen molar-refractivity contribution in [1.29, 1.82) is 0 Å². The van der Waals surface area contributed by atoms with Gasteiger partial charge < -0.3 is 9.26 Å². The van der Waals surface area contributed by atoms with Gasteiger partial charge in [-0.2, -0.15) is 13.8 Å². The molecule has 11 heteroatoms. The van der Waals surface area contributed by atoms with Crippen molar-refractivity contribution in [3.8, 4) is 17.4 Å². The number of pyridine rings is 1. The molecule has 0 N–H and O–H groups in total. The van der Waals surface area contributed by atoms with Gasteiger partial charge in [-0.15, -0.1) is 0 Å². The number of hydrogen-bond donors (Lipinski definition) is 0. The lowest BCUT2D eigenvalue weighted by atomic mass is 10.3. The maximum atomic E-state index is 12.2. The Kier molecular flexibility index (Phi) is 3.98. The van der Waals surface area contributed by atoms with Crippen molar-refractivity contribution in [2.24, 2.45) is 0 Å². The summed E-state index contributed by atoms with van der Waals surface area (Å²) in [6.07, 6.45) is 0.336. The highest BCUT2D eigenvalue weighted by atomic mass is 32.2. The summed E-state index contributed by atoms with van der Waals surface area (Å²) in [5.74, 6) is -0.340. The Morgan fingerprint density at radius 2 is 2.17 bits per heavy atom. The third-order valence-corrected chi connectivity index (χ3v) is 5.59. The Labute approximate surface area is 130 Å². The largest absolute Gasteiger partial charge is 0.417 e. The molecule has 0 saturated carbocycles. The number of aromatic nitrogens is 3. The quantitative estimate of drug-likeness (QED) is 0.826. The van der Waals surface area contributed by atoms with Crippen LogP contribution in [0.25, 0.3) is 11.5 Å². The van der Waals surface area contributed by atoms with Crippen molar-refractivity contribution < 1.29 is 26.5 Å². The molecule has 2 aromatic heterocycles. The zero-order valence-electron chi connectivity index (χ0n) is 11.9. The summed E-state index contributed by atoms with van der Waals surface area (Å²) in [6, 6.07) is 4.17. The van der Waals surface area contributed by atoms with Gasteiger partial charge in [0.25, 0.3) is 0 Å². The van der Waals surface area contributed by atoms with Gasteiger partial charge in [-0.3, -0.25) is 0 Å². The van der Waals surface area contributed by atoms with Gasteiger partial charge in [-0.05, 0) is 12.5 Å². The molecule has 1 saturated heterocycles. The zero-order valence-corrected chi connectivity index (χ0v) is 12.7. The van der Waals surface area contributed by atoms with Gasteiger partial charge in [0.1, 0.15) is 5.69 Å². The van der Waals surface area contributed by atoms with Gasteiger partial charge in [-0.1, -0.05) is 11.2 Å². The van der Waals surface area contributed by atoms with Gasteiger partial charge in [-0.25, -0.2) is 17.7 Å². The van der Waals surface area contributed by atoms with Crippen molar-refractivity contribution in [2.75, 3.05) is 13.6 Å². The Balaban J connectivity index is 1.88. The second-order valence-electron chi connectivity index (χ2n) is 4.84. The Morgan fingerprint density at radius 1 is 1.39 bits per heavy atom. The molecule has 1 fully saturated rings. The lowest BCUT2D eigenvalue weighted by Crippen LogP contribution is -2.22. The summed E-state index contributed by atoms with van der Waals surface area (Å²) in [5.41, 5.74) is 0.141. The minimum absolute atomic E-state index is 0.00414. The summed E-state index contributed by atoms with van der Waals surface area (Å²) >= 11 is 0. The minimum Gasteiger partial charge on any atom is -0.417 e. The third kappa shape index (κ3) is 3.01. The highest BCUT2D eigenvalue weighted by Crippen LogP contribution is 2.34. The van der Waals surface area contributed by atoms with E-state index in [0.717, 1.165) is 0 Å². The predicted molar refractivity (Wildman–Crippen MR) is 73.1 cm³/mol. The van der Waals surface area contributed by atoms with Crippen LogP contribution in [0.4, 0.5) is 8.78 Å². The Bertz CT molecular complexity index is 811. The van der Waals surface area contributed by atoms with Crippen LogP contribution in [-0.2, 0) is 10.0 Å². The molecule has 2 aromatic rings. The topological polar surface area (TPSA) is 98.4 Å². The lowest BCUT2D eigenvalue weighted by Gasteiger charge is -2.08. The third-order valence-electron chi connectivity index (χ3n) is 3.38. The number of sulfonamides is 1. The average Bonchev–Trinajstić information content (AvgIpc) is 3.05. The molecular formula is C12H12F2N4O4S. The van der Waals surface area contributed by atoms with Crippen LogP contribution in [0.1, 0.15) is 17.6 Å². The second kappa shape index (κ2) is 5.81. The molecule has 3 rings (SSSR count). The van der Waals surface area contributed by atoms with Crippen LogP contribution < -0.4 is 4.74 Å². The smallest absolute Gasteiger partial charge is 0.388 e. The second-order valence-corrected chi connectivity index (χ2v) is 7.06. The first-order valence-corrected chi connectivity index (χ1v) is 8.09. The standard InChI is InChI=1S/C12H12F2N4O4S/c1-18-6-5-8(23(18,19)20)11-16-10(17-22-11)7-3-2-4-9(15-7)21-12(13)14/h2-4,8,12H,5-6H2,1H3. The van der Waals surface area contributed by atoms with Crippen LogP contribution in [0.2, 0.25) is 0 Å². The van der Waals surface area contributed by atoms with E-state index in [-0.39, 0.29) is 23.3 Å². The van der Waals surface area contributed by atoms with E-state index in [1.165, 1.54) is 29.6 Å². The van der Waals surface area contributed by atoms with E-state index in [4.69, 9.17) is 4.52 Å². The number of hydrogen-bond acceptors (Lipinski definition) is 7.